The average Bonchev–Trinajstić information content (AvgIpc) is 3.05. The number of nitrogens with one attached hydrogen (secondary N) is 1. The van der Waals surface area contributed by atoms with Gasteiger partial charge in [-0.1, -0.05) is 43.8 Å². The molecule has 2 heterocycles. The van der Waals surface area contributed by atoms with Crippen molar-refractivity contribution in [1.82, 2.24) is 10.3 Å². The molecule has 1 unspecified atom stereocenters. The smallest absolute Gasteiger partial charge is 0.306 e. The normalized spacial score (nSPS) is 16.7. The van der Waals surface area contributed by atoms with Crippen LogP contribution in [0.2, 0.25) is 0 Å². The average molecular weight is 457 g/mol. The first-order valence-electron chi connectivity index (χ1n) is 10.7. The molecule has 2 atom stereocenters. The van der Waals surface area contributed by atoms with Gasteiger partial charge in [0.1, 0.15) is 11.9 Å². The van der Waals surface area contributed by atoms with Crippen molar-refractivity contribution in [2.24, 2.45) is 5.92 Å². The molecule has 1 saturated heterocycles. The standard InChI is InChI=1S/C24H28N2O5S/c1-15(2)12-22(27)31-16(3)18-6-7-19(25-14-18)10-11-30-20-8-4-17(5-9-20)13-21-23(28)26-24(29)32-21/h4-9,14-16,21H,10-13H2,1-3H3,(H,26,28,29)/t16?,21-/m0/s1. The van der Waals surface area contributed by atoms with Gasteiger partial charge in [-0.25, -0.2) is 0 Å². The van der Waals surface area contributed by atoms with E-state index in [1.54, 1.807) is 6.20 Å². The Morgan fingerprint density at radius 3 is 2.47 bits per heavy atom. The lowest BCUT2D eigenvalue weighted by atomic mass is 10.1. The van der Waals surface area contributed by atoms with Crippen LogP contribution < -0.4 is 10.1 Å². The van der Waals surface area contributed by atoms with Gasteiger partial charge in [0.2, 0.25) is 5.91 Å². The van der Waals surface area contributed by atoms with Crippen molar-refractivity contribution in [3.05, 3.63) is 59.4 Å². The molecule has 1 N–H and O–H groups in total. The lowest BCUT2D eigenvalue weighted by molar-refractivity contribution is -0.149. The van der Waals surface area contributed by atoms with Gasteiger partial charge >= 0.3 is 5.97 Å². The Labute approximate surface area is 192 Å². The van der Waals surface area contributed by atoms with E-state index in [-0.39, 0.29) is 34.4 Å². The number of hydrogen-bond acceptors (Lipinski definition) is 7. The van der Waals surface area contributed by atoms with Gasteiger partial charge in [0.15, 0.2) is 0 Å². The van der Waals surface area contributed by atoms with Crippen molar-refractivity contribution >= 4 is 28.9 Å². The molecule has 0 aliphatic carbocycles. The zero-order valence-corrected chi connectivity index (χ0v) is 19.3. The minimum absolute atomic E-state index is 0.199. The van der Waals surface area contributed by atoms with Crippen LogP contribution in [0, 0.1) is 5.92 Å². The number of carbonyl (C=O) groups is 3. The Morgan fingerprint density at radius 1 is 1.12 bits per heavy atom. The number of pyridine rings is 1. The van der Waals surface area contributed by atoms with Gasteiger partial charge in [-0.3, -0.25) is 24.7 Å². The van der Waals surface area contributed by atoms with Crippen LogP contribution in [-0.2, 0) is 27.2 Å². The Balaban J connectivity index is 1.42. The molecule has 2 aromatic rings. The summed E-state index contributed by atoms with van der Waals surface area (Å²) >= 11 is 1.03. The number of ether oxygens (including phenoxy) is 2. The fraction of sp³-hybridized carbons (Fsp3) is 0.417. The summed E-state index contributed by atoms with van der Waals surface area (Å²) in [6.45, 7) is 6.28. The van der Waals surface area contributed by atoms with Crippen molar-refractivity contribution in [2.75, 3.05) is 6.61 Å². The molecule has 32 heavy (non-hydrogen) atoms. The number of amides is 2. The molecule has 1 aromatic carbocycles. The summed E-state index contributed by atoms with van der Waals surface area (Å²) in [5.41, 5.74) is 2.72. The molecule has 8 heteroatoms. The van der Waals surface area contributed by atoms with Crippen LogP contribution in [0.1, 0.15) is 50.1 Å². The highest BCUT2D eigenvalue weighted by molar-refractivity contribution is 8.15. The number of aromatic nitrogens is 1. The zero-order valence-electron chi connectivity index (χ0n) is 18.5. The van der Waals surface area contributed by atoms with Crippen LogP contribution in [0.5, 0.6) is 5.75 Å². The molecule has 3 rings (SSSR count). The van der Waals surface area contributed by atoms with E-state index in [2.05, 4.69) is 10.3 Å². The molecule has 1 aliphatic heterocycles. The van der Waals surface area contributed by atoms with Gasteiger partial charge in [0, 0.05) is 30.3 Å². The van der Waals surface area contributed by atoms with Gasteiger partial charge in [-0.2, -0.15) is 0 Å². The lowest BCUT2D eigenvalue weighted by Gasteiger charge is -2.14. The molecule has 2 amide bonds. The summed E-state index contributed by atoms with van der Waals surface area (Å²) in [4.78, 5) is 39.2. The van der Waals surface area contributed by atoms with Gasteiger partial charge in [-0.05, 0) is 43.0 Å². The highest BCUT2D eigenvalue weighted by Gasteiger charge is 2.31. The van der Waals surface area contributed by atoms with Gasteiger partial charge < -0.3 is 9.47 Å². The fourth-order valence-electron chi connectivity index (χ4n) is 3.21. The first kappa shape index (κ1) is 23.8. The summed E-state index contributed by atoms with van der Waals surface area (Å²) in [6.07, 6.45) is 2.96. The minimum Gasteiger partial charge on any atom is -0.493 e. The quantitative estimate of drug-likeness (QED) is 0.534. The summed E-state index contributed by atoms with van der Waals surface area (Å²) < 4.78 is 11.2. The highest BCUT2D eigenvalue weighted by atomic mass is 32.2. The molecule has 1 aromatic heterocycles. The fourth-order valence-corrected chi connectivity index (χ4v) is 4.07. The topological polar surface area (TPSA) is 94.6 Å². The van der Waals surface area contributed by atoms with E-state index in [9.17, 15) is 14.4 Å². The third kappa shape index (κ3) is 7.09. The monoisotopic (exact) mass is 456 g/mol. The predicted octanol–water partition coefficient (Wildman–Crippen LogP) is 4.25. The second-order valence-corrected chi connectivity index (χ2v) is 9.32. The van der Waals surface area contributed by atoms with Crippen LogP contribution in [-0.4, -0.2) is 34.0 Å². The minimum atomic E-state index is -0.371. The van der Waals surface area contributed by atoms with Crippen LogP contribution in [0.4, 0.5) is 4.79 Å². The summed E-state index contributed by atoms with van der Waals surface area (Å²) in [5.74, 6) is 0.567. The van der Waals surface area contributed by atoms with Crippen molar-refractivity contribution in [3.8, 4) is 5.75 Å². The van der Waals surface area contributed by atoms with E-state index < -0.39 is 0 Å². The Morgan fingerprint density at radius 2 is 1.88 bits per heavy atom. The summed E-state index contributed by atoms with van der Waals surface area (Å²) in [5, 5.41) is 1.64. The maximum absolute atomic E-state index is 11.8. The Bertz CT molecular complexity index is 944. The molecular weight excluding hydrogens is 428 g/mol. The van der Waals surface area contributed by atoms with Gasteiger partial charge in [0.05, 0.1) is 11.9 Å². The number of hydrogen-bond donors (Lipinski definition) is 1. The van der Waals surface area contributed by atoms with E-state index >= 15 is 0 Å². The largest absolute Gasteiger partial charge is 0.493 e. The second-order valence-electron chi connectivity index (χ2n) is 8.14. The van der Waals surface area contributed by atoms with E-state index in [4.69, 9.17) is 9.47 Å². The predicted molar refractivity (Wildman–Crippen MR) is 122 cm³/mol. The maximum atomic E-state index is 11.8. The summed E-state index contributed by atoms with van der Waals surface area (Å²) in [6, 6.07) is 11.4. The van der Waals surface area contributed by atoms with Crippen molar-refractivity contribution in [3.63, 3.8) is 0 Å². The van der Waals surface area contributed by atoms with E-state index in [1.165, 1.54) is 0 Å². The van der Waals surface area contributed by atoms with Crippen molar-refractivity contribution in [1.29, 1.82) is 0 Å². The number of benzene rings is 1. The van der Waals surface area contributed by atoms with Crippen LogP contribution in [0.25, 0.3) is 0 Å². The number of imide groups is 1. The van der Waals surface area contributed by atoms with Crippen molar-refractivity contribution in [2.45, 2.75) is 51.4 Å². The molecule has 0 radical (unpaired) electrons. The van der Waals surface area contributed by atoms with E-state index in [0.717, 1.165) is 34.3 Å². The van der Waals surface area contributed by atoms with E-state index in [1.807, 2.05) is 57.2 Å². The molecular formula is C24H28N2O5S. The molecule has 0 spiro atoms. The van der Waals surface area contributed by atoms with Crippen molar-refractivity contribution < 1.29 is 23.9 Å². The van der Waals surface area contributed by atoms with E-state index in [0.29, 0.717) is 25.9 Å². The van der Waals surface area contributed by atoms with Gasteiger partial charge in [-0.15, -0.1) is 0 Å². The highest BCUT2D eigenvalue weighted by Crippen LogP contribution is 2.24. The lowest BCUT2D eigenvalue weighted by Crippen LogP contribution is -2.25. The molecule has 1 fully saturated rings. The summed E-state index contributed by atoms with van der Waals surface area (Å²) in [7, 11) is 0. The number of esters is 1. The SMILES string of the molecule is CC(C)CC(=O)OC(C)c1ccc(CCOc2ccc(C[C@@H]3SC(=O)NC3=O)cc2)nc1. The Kier molecular flexibility index (Phi) is 8.27. The van der Waals surface area contributed by atoms with Crippen LogP contribution in [0.15, 0.2) is 42.6 Å². The number of rotatable bonds is 10. The third-order valence-corrected chi connectivity index (χ3v) is 5.92. The number of nitrogens with zero attached hydrogens (tertiary/aromatic N) is 1. The first-order chi connectivity index (χ1) is 15.3. The molecule has 1 aliphatic rings. The molecule has 170 valence electrons. The Hall–Kier alpha value is -2.87. The number of thioether (sulfide) groups is 1. The number of carbonyl (C=O) groups excluding carboxylic acids is 3. The van der Waals surface area contributed by atoms with Gasteiger partial charge in [0.25, 0.3) is 5.24 Å². The maximum Gasteiger partial charge on any atom is 0.306 e. The zero-order chi connectivity index (χ0) is 23.1. The first-order valence-corrected chi connectivity index (χ1v) is 11.6. The van der Waals surface area contributed by atoms with Crippen LogP contribution >= 0.6 is 11.8 Å². The second kappa shape index (κ2) is 11.1. The third-order valence-electron chi connectivity index (χ3n) is 4.94. The molecule has 0 bridgehead atoms. The van der Waals surface area contributed by atoms with Crippen LogP contribution in [0.3, 0.4) is 0 Å². The molecule has 7 nitrogen and oxygen atoms in total. The molecule has 0 saturated carbocycles.